The second-order valence-electron chi connectivity index (χ2n) is 8.58. The molecule has 1 heterocycles. The van der Waals surface area contributed by atoms with E-state index < -0.39 is 0 Å². The molecule has 0 aromatic carbocycles. The lowest BCUT2D eigenvalue weighted by molar-refractivity contribution is 0.543. The van der Waals surface area contributed by atoms with E-state index in [1.54, 1.807) is 11.1 Å². The summed E-state index contributed by atoms with van der Waals surface area (Å²) in [6.45, 7) is 4.60. The first kappa shape index (κ1) is 24.7. The molecule has 0 atom stereocenters. The van der Waals surface area contributed by atoms with Crippen molar-refractivity contribution in [1.82, 2.24) is 0 Å². The summed E-state index contributed by atoms with van der Waals surface area (Å²) in [5.74, 6) is 0. The van der Waals surface area contributed by atoms with Gasteiger partial charge in [-0.3, -0.25) is 0 Å². The van der Waals surface area contributed by atoms with Gasteiger partial charge in [-0.2, -0.15) is 11.3 Å². The van der Waals surface area contributed by atoms with Crippen molar-refractivity contribution in [3.8, 4) is 0 Å². The Morgan fingerprint density at radius 1 is 0.444 bits per heavy atom. The van der Waals surface area contributed by atoms with E-state index in [2.05, 4.69) is 24.6 Å². The molecule has 0 aliphatic rings. The monoisotopic (exact) mass is 392 g/mol. The van der Waals surface area contributed by atoms with Crippen LogP contribution in [-0.2, 0) is 12.8 Å². The molecule has 1 rings (SSSR count). The molecule has 27 heavy (non-hydrogen) atoms. The van der Waals surface area contributed by atoms with Crippen molar-refractivity contribution in [3.63, 3.8) is 0 Å². The lowest BCUT2D eigenvalue weighted by Crippen LogP contribution is -1.92. The zero-order chi connectivity index (χ0) is 19.4. The minimum atomic E-state index is 1.32. The second kappa shape index (κ2) is 19.0. The summed E-state index contributed by atoms with van der Waals surface area (Å²) in [5.41, 5.74) is 3.33. The van der Waals surface area contributed by atoms with Crippen LogP contribution >= 0.6 is 11.3 Å². The highest BCUT2D eigenvalue weighted by Gasteiger charge is 2.04. The standard InChI is InChI=1S/C26H48S/c1-3-5-7-9-11-12-13-14-15-16-18-20-22-26-24-27-23-25(26)21-19-17-10-8-6-4-2/h23-24H,3-22H2,1-2H3. The Balaban J connectivity index is 1.93. The van der Waals surface area contributed by atoms with Gasteiger partial charge in [-0.1, -0.05) is 117 Å². The van der Waals surface area contributed by atoms with Gasteiger partial charge >= 0.3 is 0 Å². The van der Waals surface area contributed by atoms with Crippen LogP contribution in [0.4, 0.5) is 0 Å². The van der Waals surface area contributed by atoms with E-state index in [0.29, 0.717) is 0 Å². The highest BCUT2D eigenvalue weighted by atomic mass is 32.1. The maximum absolute atomic E-state index is 2.42. The maximum Gasteiger partial charge on any atom is -0.00584 e. The van der Waals surface area contributed by atoms with Gasteiger partial charge in [0.05, 0.1) is 0 Å². The molecule has 0 spiro atoms. The Kier molecular flexibility index (Phi) is 17.4. The SMILES string of the molecule is CCCCCCCCCCCCCCc1cscc1CCCCCCCC. The number of hydrogen-bond donors (Lipinski definition) is 0. The van der Waals surface area contributed by atoms with Crippen LogP contribution in [-0.4, -0.2) is 0 Å². The molecule has 1 aromatic heterocycles. The van der Waals surface area contributed by atoms with E-state index in [1.807, 2.05) is 11.3 Å². The van der Waals surface area contributed by atoms with Gasteiger partial charge in [0.25, 0.3) is 0 Å². The molecule has 0 nitrogen and oxygen atoms in total. The Bertz CT molecular complexity index is 406. The molecule has 0 saturated heterocycles. The molecule has 0 amide bonds. The normalized spacial score (nSPS) is 11.3. The third kappa shape index (κ3) is 14.4. The Morgan fingerprint density at radius 3 is 1.07 bits per heavy atom. The molecular weight excluding hydrogens is 344 g/mol. The lowest BCUT2D eigenvalue weighted by Gasteiger charge is -2.05. The van der Waals surface area contributed by atoms with Crippen molar-refractivity contribution in [3.05, 3.63) is 21.9 Å². The van der Waals surface area contributed by atoms with E-state index in [-0.39, 0.29) is 0 Å². The Labute approximate surface area is 175 Å². The van der Waals surface area contributed by atoms with Crippen molar-refractivity contribution >= 4 is 11.3 Å². The molecule has 0 aliphatic heterocycles. The minimum absolute atomic E-state index is 1.32. The fourth-order valence-corrected chi connectivity index (χ4v) is 4.98. The quantitative estimate of drug-likeness (QED) is 0.194. The molecule has 0 aliphatic carbocycles. The van der Waals surface area contributed by atoms with E-state index in [9.17, 15) is 0 Å². The molecule has 0 N–H and O–H groups in total. The first-order valence-corrected chi connectivity index (χ1v) is 13.4. The summed E-state index contributed by atoms with van der Waals surface area (Å²) in [5, 5.41) is 4.84. The Hall–Kier alpha value is -0.300. The van der Waals surface area contributed by atoms with E-state index >= 15 is 0 Å². The zero-order valence-electron chi connectivity index (χ0n) is 18.7. The number of unbranched alkanes of at least 4 members (excludes halogenated alkanes) is 16. The second-order valence-corrected chi connectivity index (χ2v) is 9.32. The molecule has 1 heteroatoms. The van der Waals surface area contributed by atoms with E-state index in [1.165, 1.54) is 128 Å². The van der Waals surface area contributed by atoms with Crippen molar-refractivity contribution in [2.24, 2.45) is 0 Å². The molecule has 0 bridgehead atoms. The number of hydrogen-bond acceptors (Lipinski definition) is 1. The first-order chi connectivity index (χ1) is 13.4. The van der Waals surface area contributed by atoms with Gasteiger partial charge in [-0.25, -0.2) is 0 Å². The van der Waals surface area contributed by atoms with Crippen LogP contribution in [0.25, 0.3) is 0 Å². The third-order valence-corrected chi connectivity index (χ3v) is 6.77. The summed E-state index contributed by atoms with van der Waals surface area (Å²) in [4.78, 5) is 0. The van der Waals surface area contributed by atoms with Gasteiger partial charge in [0, 0.05) is 0 Å². The van der Waals surface area contributed by atoms with Crippen LogP contribution in [0.5, 0.6) is 0 Å². The molecular formula is C26H48S. The van der Waals surface area contributed by atoms with Crippen molar-refractivity contribution in [2.45, 2.75) is 142 Å². The highest BCUT2D eigenvalue weighted by Crippen LogP contribution is 2.21. The van der Waals surface area contributed by atoms with Crippen LogP contribution in [0.3, 0.4) is 0 Å². The molecule has 0 radical (unpaired) electrons. The summed E-state index contributed by atoms with van der Waals surface area (Å²) >= 11 is 1.92. The van der Waals surface area contributed by atoms with Crippen LogP contribution in [0.1, 0.15) is 141 Å². The number of thiophene rings is 1. The van der Waals surface area contributed by atoms with Crippen LogP contribution < -0.4 is 0 Å². The van der Waals surface area contributed by atoms with Gasteiger partial charge < -0.3 is 0 Å². The molecule has 0 saturated carbocycles. The topological polar surface area (TPSA) is 0 Å². The predicted octanol–water partition coefficient (Wildman–Crippen LogP) is 9.89. The lowest BCUT2D eigenvalue weighted by atomic mass is 10.00. The summed E-state index contributed by atoms with van der Waals surface area (Å²) in [6.07, 6.45) is 28.5. The summed E-state index contributed by atoms with van der Waals surface area (Å²) < 4.78 is 0. The smallest absolute Gasteiger partial charge is 0.00584 e. The summed E-state index contributed by atoms with van der Waals surface area (Å²) in [7, 11) is 0. The van der Waals surface area contributed by atoms with Gasteiger partial charge in [-0.05, 0) is 47.6 Å². The van der Waals surface area contributed by atoms with Crippen molar-refractivity contribution in [2.75, 3.05) is 0 Å². The third-order valence-electron chi connectivity index (χ3n) is 5.93. The summed E-state index contributed by atoms with van der Waals surface area (Å²) in [6, 6.07) is 0. The average Bonchev–Trinajstić information content (AvgIpc) is 3.12. The zero-order valence-corrected chi connectivity index (χ0v) is 19.5. The number of rotatable bonds is 20. The first-order valence-electron chi connectivity index (χ1n) is 12.4. The van der Waals surface area contributed by atoms with E-state index in [4.69, 9.17) is 0 Å². The largest absolute Gasteiger partial charge is 0.152 e. The Morgan fingerprint density at radius 2 is 0.741 bits per heavy atom. The molecule has 0 fully saturated rings. The van der Waals surface area contributed by atoms with Crippen molar-refractivity contribution in [1.29, 1.82) is 0 Å². The average molecular weight is 393 g/mol. The van der Waals surface area contributed by atoms with Gasteiger partial charge in [0.1, 0.15) is 0 Å². The molecule has 158 valence electrons. The highest BCUT2D eigenvalue weighted by molar-refractivity contribution is 7.08. The predicted molar refractivity (Wildman–Crippen MR) is 126 cm³/mol. The molecule has 1 aromatic rings. The van der Waals surface area contributed by atoms with Crippen molar-refractivity contribution < 1.29 is 0 Å². The van der Waals surface area contributed by atoms with Crippen LogP contribution in [0.2, 0.25) is 0 Å². The maximum atomic E-state index is 2.42. The number of aryl methyl sites for hydroxylation is 2. The fourth-order valence-electron chi connectivity index (χ4n) is 4.04. The van der Waals surface area contributed by atoms with Gasteiger partial charge in [0.2, 0.25) is 0 Å². The van der Waals surface area contributed by atoms with Gasteiger partial charge in [0.15, 0.2) is 0 Å². The molecule has 0 unspecified atom stereocenters. The van der Waals surface area contributed by atoms with Crippen LogP contribution in [0, 0.1) is 0 Å². The van der Waals surface area contributed by atoms with Crippen LogP contribution in [0.15, 0.2) is 10.8 Å². The minimum Gasteiger partial charge on any atom is -0.152 e. The van der Waals surface area contributed by atoms with Gasteiger partial charge in [-0.15, -0.1) is 0 Å². The fraction of sp³-hybridized carbons (Fsp3) is 0.846. The van der Waals surface area contributed by atoms with E-state index in [0.717, 1.165) is 0 Å².